The minimum Gasteiger partial charge on any atom is -0.494 e. The van der Waals surface area contributed by atoms with Gasteiger partial charge < -0.3 is 10.0 Å². The lowest BCUT2D eigenvalue weighted by Gasteiger charge is -2.36. The van der Waals surface area contributed by atoms with E-state index in [2.05, 4.69) is 4.98 Å². The summed E-state index contributed by atoms with van der Waals surface area (Å²) in [4.78, 5) is 41.4. The lowest BCUT2D eigenvalue weighted by atomic mass is 9.89. The third kappa shape index (κ3) is 3.23. The van der Waals surface area contributed by atoms with Crippen LogP contribution in [0.2, 0.25) is 5.02 Å². The van der Waals surface area contributed by atoms with Crippen LogP contribution in [0.15, 0.2) is 58.1 Å². The van der Waals surface area contributed by atoms with E-state index < -0.39 is 23.2 Å². The number of carbonyl (C=O) groups is 1. The number of amides is 1. The molecule has 0 unspecified atom stereocenters. The van der Waals surface area contributed by atoms with Crippen LogP contribution in [0.25, 0.3) is 5.69 Å². The van der Waals surface area contributed by atoms with Crippen molar-refractivity contribution in [3.63, 3.8) is 0 Å². The van der Waals surface area contributed by atoms with Crippen molar-refractivity contribution in [2.45, 2.75) is 19.4 Å². The average molecular weight is 412 g/mol. The lowest BCUT2D eigenvalue weighted by molar-refractivity contribution is -0.130. The molecular formula is C21H18ClN3O4. The molecule has 2 N–H and O–H groups in total. The third-order valence-electron chi connectivity index (χ3n) is 5.17. The number of nitrogens with one attached hydrogen (secondary N) is 1. The molecule has 0 bridgehead atoms. The molecule has 4 rings (SSSR count). The highest BCUT2D eigenvalue weighted by atomic mass is 35.5. The molecule has 148 valence electrons. The number of H-pyrrole nitrogens is 1. The molecular weight excluding hydrogens is 394 g/mol. The molecule has 7 nitrogen and oxygen atoms in total. The number of hydrogen-bond donors (Lipinski definition) is 2. The van der Waals surface area contributed by atoms with Gasteiger partial charge in [-0.05, 0) is 41.8 Å². The number of aromatic amines is 1. The lowest BCUT2D eigenvalue weighted by Crippen LogP contribution is -2.43. The highest BCUT2D eigenvalue weighted by Crippen LogP contribution is 2.37. The van der Waals surface area contributed by atoms with Crippen molar-refractivity contribution >= 4 is 17.5 Å². The number of nitrogens with zero attached hydrogens (tertiary/aromatic N) is 2. The molecule has 2 heterocycles. The molecule has 0 saturated carbocycles. The number of aromatic hydroxyl groups is 1. The van der Waals surface area contributed by atoms with Crippen LogP contribution in [0.4, 0.5) is 0 Å². The SMILES string of the molecule is CC(=O)N1CCc2ccccc2[C@@H]1c1c(O)n(-c2ccc(Cl)cc2)c(=O)[nH]c1=O. The van der Waals surface area contributed by atoms with Gasteiger partial charge in [0.2, 0.25) is 11.8 Å². The quantitative estimate of drug-likeness (QED) is 0.676. The standard InChI is InChI=1S/C21H18ClN3O4/c1-12(26)24-11-10-13-4-2-3-5-16(13)18(24)17-19(27)23-21(29)25(20(17)28)15-8-6-14(22)7-9-15/h2-9,18,28H,10-11H2,1H3,(H,23,27,29)/t18-/m1/s1. The molecule has 1 amide bonds. The zero-order valence-corrected chi connectivity index (χ0v) is 16.3. The third-order valence-corrected chi connectivity index (χ3v) is 5.42. The van der Waals surface area contributed by atoms with Crippen LogP contribution in [0, 0.1) is 0 Å². The van der Waals surface area contributed by atoms with E-state index in [1.165, 1.54) is 11.8 Å². The van der Waals surface area contributed by atoms with Crippen LogP contribution in [-0.4, -0.2) is 32.0 Å². The van der Waals surface area contributed by atoms with Crippen LogP contribution in [0.3, 0.4) is 0 Å². The number of rotatable bonds is 2. The summed E-state index contributed by atoms with van der Waals surface area (Å²) in [6.45, 7) is 1.82. The van der Waals surface area contributed by atoms with Gasteiger partial charge in [0.25, 0.3) is 5.56 Å². The Balaban J connectivity index is 2.00. The number of benzene rings is 2. The second-order valence-corrected chi connectivity index (χ2v) is 7.31. The van der Waals surface area contributed by atoms with E-state index in [9.17, 15) is 19.5 Å². The van der Waals surface area contributed by atoms with Gasteiger partial charge in [-0.2, -0.15) is 0 Å². The fourth-order valence-electron chi connectivity index (χ4n) is 3.83. The van der Waals surface area contributed by atoms with Gasteiger partial charge in [-0.25, -0.2) is 9.36 Å². The Morgan fingerprint density at radius 1 is 1.14 bits per heavy atom. The van der Waals surface area contributed by atoms with Crippen molar-refractivity contribution in [2.75, 3.05) is 6.54 Å². The number of hydrogen-bond acceptors (Lipinski definition) is 4. The molecule has 0 spiro atoms. The molecule has 29 heavy (non-hydrogen) atoms. The van der Waals surface area contributed by atoms with E-state index in [0.717, 1.165) is 15.7 Å². The van der Waals surface area contributed by atoms with Gasteiger partial charge in [-0.15, -0.1) is 0 Å². The van der Waals surface area contributed by atoms with Crippen LogP contribution in [0.1, 0.15) is 29.7 Å². The summed E-state index contributed by atoms with van der Waals surface area (Å²) in [5.74, 6) is -0.735. The summed E-state index contributed by atoms with van der Waals surface area (Å²) in [6, 6.07) is 12.9. The normalized spacial score (nSPS) is 15.8. The Hall–Kier alpha value is -3.32. The summed E-state index contributed by atoms with van der Waals surface area (Å²) < 4.78 is 1.00. The number of carbonyl (C=O) groups excluding carboxylic acids is 1. The van der Waals surface area contributed by atoms with E-state index in [1.807, 2.05) is 24.3 Å². The Bertz CT molecular complexity index is 1210. The van der Waals surface area contributed by atoms with Crippen LogP contribution >= 0.6 is 11.6 Å². The number of halogens is 1. The van der Waals surface area contributed by atoms with Crippen molar-refractivity contribution in [2.24, 2.45) is 0 Å². The van der Waals surface area contributed by atoms with Crippen molar-refractivity contribution in [1.82, 2.24) is 14.5 Å². The fourth-order valence-corrected chi connectivity index (χ4v) is 3.96. The van der Waals surface area contributed by atoms with Gasteiger partial charge in [0.1, 0.15) is 5.56 Å². The summed E-state index contributed by atoms with van der Waals surface area (Å²) >= 11 is 5.92. The zero-order valence-electron chi connectivity index (χ0n) is 15.6. The van der Waals surface area contributed by atoms with E-state index >= 15 is 0 Å². The van der Waals surface area contributed by atoms with Gasteiger partial charge in [-0.1, -0.05) is 35.9 Å². The summed E-state index contributed by atoms with van der Waals surface area (Å²) in [7, 11) is 0. The van der Waals surface area contributed by atoms with Crippen LogP contribution in [-0.2, 0) is 11.2 Å². The Kier molecular flexibility index (Phi) is 4.76. The predicted octanol–water partition coefficient (Wildman–Crippen LogP) is 2.38. The van der Waals surface area contributed by atoms with Gasteiger partial charge in [0, 0.05) is 18.5 Å². The molecule has 0 saturated heterocycles. The first-order valence-electron chi connectivity index (χ1n) is 9.07. The van der Waals surface area contributed by atoms with Gasteiger partial charge >= 0.3 is 5.69 Å². The second kappa shape index (κ2) is 7.25. The highest BCUT2D eigenvalue weighted by Gasteiger charge is 2.35. The number of aromatic nitrogens is 2. The van der Waals surface area contributed by atoms with Gasteiger partial charge in [0.15, 0.2) is 0 Å². The number of fused-ring (bicyclic) bond motifs is 1. The first-order valence-corrected chi connectivity index (χ1v) is 9.45. The summed E-state index contributed by atoms with van der Waals surface area (Å²) in [5.41, 5.74) is 0.506. The Labute approximate surface area is 170 Å². The smallest absolute Gasteiger partial charge is 0.335 e. The molecule has 8 heteroatoms. The Morgan fingerprint density at radius 2 is 1.83 bits per heavy atom. The van der Waals surface area contributed by atoms with Gasteiger partial charge in [0.05, 0.1) is 11.7 Å². The van der Waals surface area contributed by atoms with E-state index in [0.29, 0.717) is 23.7 Å². The van der Waals surface area contributed by atoms with Crippen molar-refractivity contribution < 1.29 is 9.90 Å². The maximum absolute atomic E-state index is 12.8. The molecule has 3 aromatic rings. The van der Waals surface area contributed by atoms with E-state index in [-0.39, 0.29) is 11.5 Å². The first-order chi connectivity index (χ1) is 13.9. The van der Waals surface area contributed by atoms with E-state index in [1.54, 1.807) is 24.3 Å². The topological polar surface area (TPSA) is 95.4 Å². The van der Waals surface area contributed by atoms with E-state index in [4.69, 9.17) is 11.6 Å². The van der Waals surface area contributed by atoms with Gasteiger partial charge in [-0.3, -0.25) is 14.6 Å². The minimum absolute atomic E-state index is 0.0538. The molecule has 1 aliphatic rings. The molecule has 0 fully saturated rings. The first kappa shape index (κ1) is 19.0. The van der Waals surface area contributed by atoms with Crippen molar-refractivity contribution in [3.8, 4) is 11.6 Å². The molecule has 2 aromatic carbocycles. The average Bonchev–Trinajstić information content (AvgIpc) is 2.69. The highest BCUT2D eigenvalue weighted by molar-refractivity contribution is 6.30. The molecule has 0 radical (unpaired) electrons. The Morgan fingerprint density at radius 3 is 2.52 bits per heavy atom. The maximum atomic E-state index is 12.8. The summed E-state index contributed by atoms with van der Waals surface area (Å²) in [5, 5.41) is 11.5. The zero-order chi connectivity index (χ0) is 20.7. The van der Waals surface area contributed by atoms with Crippen molar-refractivity contribution in [1.29, 1.82) is 0 Å². The van der Waals surface area contributed by atoms with Crippen molar-refractivity contribution in [3.05, 3.63) is 91.1 Å². The predicted molar refractivity (Wildman–Crippen MR) is 109 cm³/mol. The second-order valence-electron chi connectivity index (χ2n) is 6.87. The van der Waals surface area contributed by atoms with Crippen LogP contribution in [0.5, 0.6) is 5.88 Å². The largest absolute Gasteiger partial charge is 0.494 e. The molecule has 1 aromatic heterocycles. The minimum atomic E-state index is -0.805. The fraction of sp³-hybridized carbons (Fsp3) is 0.190. The summed E-state index contributed by atoms with van der Waals surface area (Å²) in [6.07, 6.45) is 0.641. The van der Waals surface area contributed by atoms with Crippen LogP contribution < -0.4 is 11.2 Å². The monoisotopic (exact) mass is 411 g/mol. The molecule has 1 aliphatic heterocycles. The molecule has 1 atom stereocenters. The molecule has 0 aliphatic carbocycles. The maximum Gasteiger partial charge on any atom is 0.335 e.